The third kappa shape index (κ3) is 3.66. The van der Waals surface area contributed by atoms with Gasteiger partial charge in [0.25, 0.3) is 0 Å². The van der Waals surface area contributed by atoms with Crippen molar-refractivity contribution in [2.45, 2.75) is 6.04 Å². The summed E-state index contributed by atoms with van der Waals surface area (Å²) in [4.78, 5) is 18.4. The average molecular weight is 271 g/mol. The van der Waals surface area contributed by atoms with Crippen molar-refractivity contribution < 1.29 is 14.6 Å². The molecule has 0 bridgehead atoms. The maximum atomic E-state index is 12.3. The van der Waals surface area contributed by atoms with E-state index in [0.29, 0.717) is 26.3 Å². The minimum absolute atomic E-state index is 0.143. The molecule has 2 heterocycles. The standard InChI is InChI=1S/C13H25N3O3/c1-14(2)12-8-16(7-11(12)10-17)13(18)9-15-3-5-19-6-4-15/h11-12,17H,3-10H2,1-2H3/t11-,12+/m0/s1. The van der Waals surface area contributed by atoms with Crippen molar-refractivity contribution >= 4 is 5.91 Å². The smallest absolute Gasteiger partial charge is 0.236 e. The molecule has 0 spiro atoms. The first-order chi connectivity index (χ1) is 9.11. The van der Waals surface area contributed by atoms with Gasteiger partial charge in [-0.15, -0.1) is 0 Å². The summed E-state index contributed by atoms with van der Waals surface area (Å²) in [6.07, 6.45) is 0. The first-order valence-electron chi connectivity index (χ1n) is 6.97. The summed E-state index contributed by atoms with van der Waals surface area (Å²) in [5, 5.41) is 9.41. The summed E-state index contributed by atoms with van der Waals surface area (Å²) >= 11 is 0. The third-order valence-corrected chi connectivity index (χ3v) is 4.12. The lowest BCUT2D eigenvalue weighted by Gasteiger charge is -2.28. The maximum Gasteiger partial charge on any atom is 0.236 e. The van der Waals surface area contributed by atoms with Crippen LogP contribution in [0.5, 0.6) is 0 Å². The van der Waals surface area contributed by atoms with Gasteiger partial charge in [0.1, 0.15) is 0 Å². The van der Waals surface area contributed by atoms with E-state index < -0.39 is 0 Å². The van der Waals surface area contributed by atoms with Crippen LogP contribution in [-0.4, -0.2) is 98.4 Å². The minimum Gasteiger partial charge on any atom is -0.396 e. The first kappa shape index (κ1) is 14.7. The quantitative estimate of drug-likeness (QED) is 0.689. The highest BCUT2D eigenvalue weighted by Crippen LogP contribution is 2.20. The lowest BCUT2D eigenvalue weighted by Crippen LogP contribution is -2.44. The highest BCUT2D eigenvalue weighted by molar-refractivity contribution is 5.78. The van der Waals surface area contributed by atoms with Crippen LogP contribution < -0.4 is 0 Å². The third-order valence-electron chi connectivity index (χ3n) is 4.12. The number of hydrogen-bond acceptors (Lipinski definition) is 5. The number of morpholine rings is 1. The van der Waals surface area contributed by atoms with Gasteiger partial charge in [-0.05, 0) is 14.1 Å². The zero-order valence-corrected chi connectivity index (χ0v) is 11.9. The van der Waals surface area contributed by atoms with E-state index in [0.717, 1.165) is 19.6 Å². The highest BCUT2D eigenvalue weighted by Gasteiger charge is 2.36. The average Bonchev–Trinajstić information content (AvgIpc) is 2.84. The first-order valence-corrected chi connectivity index (χ1v) is 6.97. The van der Waals surface area contributed by atoms with Gasteiger partial charge in [-0.25, -0.2) is 0 Å². The largest absolute Gasteiger partial charge is 0.396 e. The Morgan fingerprint density at radius 3 is 2.53 bits per heavy atom. The molecule has 2 atom stereocenters. The summed E-state index contributed by atoms with van der Waals surface area (Å²) in [6, 6.07) is 0.263. The van der Waals surface area contributed by atoms with Crippen molar-refractivity contribution in [1.29, 1.82) is 0 Å². The predicted molar refractivity (Wildman–Crippen MR) is 71.9 cm³/mol. The molecule has 0 aromatic heterocycles. The number of aliphatic hydroxyl groups excluding tert-OH is 1. The van der Waals surface area contributed by atoms with Crippen LogP contribution in [-0.2, 0) is 9.53 Å². The van der Waals surface area contributed by atoms with Crippen LogP contribution in [0.15, 0.2) is 0 Å². The van der Waals surface area contributed by atoms with Crippen LogP contribution in [0.25, 0.3) is 0 Å². The van der Waals surface area contributed by atoms with E-state index >= 15 is 0 Å². The second-order valence-corrected chi connectivity index (χ2v) is 5.66. The predicted octanol–water partition coefficient (Wildman–Crippen LogP) is -1.30. The molecule has 0 saturated carbocycles. The van der Waals surface area contributed by atoms with Gasteiger partial charge in [-0.2, -0.15) is 0 Å². The number of hydrogen-bond donors (Lipinski definition) is 1. The molecule has 0 aromatic rings. The molecule has 2 fully saturated rings. The molecule has 110 valence electrons. The van der Waals surface area contributed by atoms with Crippen LogP contribution in [0.2, 0.25) is 0 Å². The lowest BCUT2D eigenvalue weighted by molar-refractivity contribution is -0.132. The number of carbonyl (C=O) groups excluding carboxylic acids is 1. The number of carbonyl (C=O) groups is 1. The van der Waals surface area contributed by atoms with E-state index in [9.17, 15) is 9.90 Å². The van der Waals surface area contributed by atoms with E-state index in [2.05, 4.69) is 9.80 Å². The molecule has 19 heavy (non-hydrogen) atoms. The minimum atomic E-state index is 0.143. The number of aliphatic hydroxyl groups is 1. The number of amides is 1. The Kier molecular flexibility index (Phi) is 5.15. The molecule has 0 aliphatic carbocycles. The molecule has 2 aliphatic heterocycles. The molecule has 2 saturated heterocycles. The molecular weight excluding hydrogens is 246 g/mol. The van der Waals surface area contributed by atoms with Crippen LogP contribution in [0, 0.1) is 5.92 Å². The number of nitrogens with zero attached hydrogens (tertiary/aromatic N) is 3. The van der Waals surface area contributed by atoms with Crippen molar-refractivity contribution in [3.63, 3.8) is 0 Å². The van der Waals surface area contributed by atoms with Crippen molar-refractivity contribution in [1.82, 2.24) is 14.7 Å². The van der Waals surface area contributed by atoms with E-state index in [1.807, 2.05) is 19.0 Å². The number of likely N-dealkylation sites (tertiary alicyclic amines) is 1. The number of ether oxygens (including phenoxy) is 1. The molecule has 0 unspecified atom stereocenters. The molecule has 2 aliphatic rings. The van der Waals surface area contributed by atoms with Crippen LogP contribution in [0.1, 0.15) is 0 Å². The van der Waals surface area contributed by atoms with Gasteiger partial charge in [0.15, 0.2) is 0 Å². The Bertz CT molecular complexity index is 306. The number of rotatable bonds is 4. The van der Waals surface area contributed by atoms with Gasteiger partial charge >= 0.3 is 0 Å². The summed E-state index contributed by atoms with van der Waals surface area (Å²) in [7, 11) is 4.01. The highest BCUT2D eigenvalue weighted by atomic mass is 16.5. The normalized spacial score (nSPS) is 29.2. The lowest BCUT2D eigenvalue weighted by atomic mass is 10.0. The van der Waals surface area contributed by atoms with Crippen molar-refractivity contribution in [2.75, 3.05) is 66.6 Å². The Balaban J connectivity index is 1.86. The molecule has 1 amide bonds. The Morgan fingerprint density at radius 1 is 1.32 bits per heavy atom. The fraction of sp³-hybridized carbons (Fsp3) is 0.923. The molecular formula is C13H25N3O3. The van der Waals surface area contributed by atoms with Crippen LogP contribution >= 0.6 is 0 Å². The summed E-state index contributed by atoms with van der Waals surface area (Å²) < 4.78 is 5.28. The Morgan fingerprint density at radius 2 is 2.00 bits per heavy atom. The fourth-order valence-electron chi connectivity index (χ4n) is 2.87. The van der Waals surface area contributed by atoms with E-state index in [4.69, 9.17) is 4.74 Å². The monoisotopic (exact) mass is 271 g/mol. The zero-order valence-electron chi connectivity index (χ0n) is 11.9. The molecule has 1 N–H and O–H groups in total. The summed E-state index contributed by atoms with van der Waals surface area (Å²) in [5.74, 6) is 0.341. The summed E-state index contributed by atoms with van der Waals surface area (Å²) in [6.45, 7) is 5.11. The van der Waals surface area contributed by atoms with E-state index in [1.165, 1.54) is 0 Å². The SMILES string of the molecule is CN(C)[C@@H]1CN(C(=O)CN2CCOCC2)C[C@H]1CO. The maximum absolute atomic E-state index is 12.3. The van der Waals surface area contributed by atoms with Crippen molar-refractivity contribution in [3.8, 4) is 0 Å². The summed E-state index contributed by atoms with van der Waals surface area (Å²) in [5.41, 5.74) is 0. The van der Waals surface area contributed by atoms with Crippen molar-refractivity contribution in [3.05, 3.63) is 0 Å². The van der Waals surface area contributed by atoms with Crippen molar-refractivity contribution in [2.24, 2.45) is 5.92 Å². The Labute approximate surface area is 114 Å². The van der Waals surface area contributed by atoms with E-state index in [-0.39, 0.29) is 24.5 Å². The molecule has 0 aromatic carbocycles. The van der Waals surface area contributed by atoms with Crippen LogP contribution in [0.4, 0.5) is 0 Å². The Hall–Kier alpha value is -0.690. The second kappa shape index (κ2) is 6.65. The van der Waals surface area contributed by atoms with E-state index in [1.54, 1.807) is 0 Å². The van der Waals surface area contributed by atoms with Gasteiger partial charge < -0.3 is 19.6 Å². The molecule has 6 heteroatoms. The second-order valence-electron chi connectivity index (χ2n) is 5.66. The molecule has 0 radical (unpaired) electrons. The van der Waals surface area contributed by atoms with Gasteiger partial charge in [0, 0.05) is 44.7 Å². The van der Waals surface area contributed by atoms with Gasteiger partial charge in [0.2, 0.25) is 5.91 Å². The van der Waals surface area contributed by atoms with Gasteiger partial charge in [-0.3, -0.25) is 9.69 Å². The fourth-order valence-corrected chi connectivity index (χ4v) is 2.87. The van der Waals surface area contributed by atoms with Gasteiger partial charge in [-0.1, -0.05) is 0 Å². The topological polar surface area (TPSA) is 56.2 Å². The molecule has 6 nitrogen and oxygen atoms in total. The zero-order chi connectivity index (χ0) is 13.8. The van der Waals surface area contributed by atoms with Gasteiger partial charge in [0.05, 0.1) is 19.8 Å². The number of likely N-dealkylation sites (N-methyl/N-ethyl adjacent to an activating group) is 1. The van der Waals surface area contributed by atoms with Crippen LogP contribution in [0.3, 0.4) is 0 Å². The molecule has 2 rings (SSSR count).